The van der Waals surface area contributed by atoms with Crippen molar-refractivity contribution in [1.29, 1.82) is 0 Å². The number of alkyl halides is 6. The van der Waals surface area contributed by atoms with E-state index in [9.17, 15) is 35.5 Å². The van der Waals surface area contributed by atoms with Crippen LogP contribution in [0.3, 0.4) is 0 Å². The second kappa shape index (κ2) is 7.13. The molecular formula is C5H7F6I2NO4P2. The van der Waals surface area contributed by atoms with Gasteiger partial charge >= 0.3 is 22.7 Å². The van der Waals surface area contributed by atoms with E-state index in [1.54, 1.807) is 0 Å². The fraction of sp³-hybridized carbons (Fsp3) is 0.600. The maximum Gasteiger partial charge on any atom is 0.424 e. The lowest BCUT2D eigenvalue weighted by Crippen LogP contribution is -2.43. The van der Waals surface area contributed by atoms with Gasteiger partial charge < -0.3 is 4.89 Å². The van der Waals surface area contributed by atoms with Gasteiger partial charge in [-0.05, 0) is 40.4 Å². The average Bonchev–Trinajstić information content (AvgIpc) is 2.22. The van der Waals surface area contributed by atoms with Crippen LogP contribution in [0.4, 0.5) is 26.3 Å². The third kappa shape index (κ3) is 6.92. The molecule has 0 aliphatic heterocycles. The van der Waals surface area contributed by atoms with Crippen molar-refractivity contribution in [3.05, 3.63) is 0 Å². The maximum atomic E-state index is 12.3. The molecule has 0 spiro atoms. The van der Waals surface area contributed by atoms with E-state index in [4.69, 9.17) is 4.89 Å². The molecule has 2 N–H and O–H groups in total. The summed E-state index contributed by atoms with van der Waals surface area (Å²) in [5, 5.41) is -9.16. The third-order valence-electron chi connectivity index (χ3n) is 1.40. The van der Waals surface area contributed by atoms with Gasteiger partial charge in [0.1, 0.15) is 0 Å². The Bertz CT molecular complexity index is 465. The number of hydrogen-bond donors (Lipinski definition) is 2. The molecular weight excluding hydrogens is 568 g/mol. The van der Waals surface area contributed by atoms with E-state index in [2.05, 4.69) is 13.6 Å². The maximum absolute atomic E-state index is 12.3. The van der Waals surface area contributed by atoms with Gasteiger partial charge in [0.25, 0.3) is 6.10 Å². The van der Waals surface area contributed by atoms with Gasteiger partial charge in [0, 0.05) is 0 Å². The van der Waals surface area contributed by atoms with Crippen molar-refractivity contribution in [3.63, 3.8) is 0 Å². The molecule has 15 heteroatoms. The average molecular weight is 575 g/mol. The molecule has 0 heterocycles. The zero-order valence-electron chi connectivity index (χ0n) is 9.08. The molecule has 0 amide bonds. The van der Waals surface area contributed by atoms with Crippen LogP contribution in [0.2, 0.25) is 0 Å². The summed E-state index contributed by atoms with van der Waals surface area (Å²) >= 11 is -3.88. The Balaban J connectivity index is 5.48. The molecule has 2 atom stereocenters. The van der Waals surface area contributed by atoms with Gasteiger partial charge in [-0.2, -0.15) is 31.2 Å². The zero-order chi connectivity index (χ0) is 16.4. The third-order valence-corrected chi connectivity index (χ3v) is 14.5. The Kier molecular flexibility index (Phi) is 7.53. The molecule has 0 aromatic carbocycles. The molecule has 20 heavy (non-hydrogen) atoms. The Hall–Kier alpha value is 1.12. The monoisotopic (exact) mass is 575 g/mol. The topological polar surface area (TPSA) is 75.6 Å². The van der Waals surface area contributed by atoms with Gasteiger partial charge in [0.05, 0.1) is 0 Å². The molecule has 0 aliphatic carbocycles. The molecule has 0 bridgehead atoms. The van der Waals surface area contributed by atoms with Gasteiger partial charge in [-0.15, -0.1) is 0 Å². The summed E-state index contributed by atoms with van der Waals surface area (Å²) in [5.41, 5.74) is 0. The van der Waals surface area contributed by atoms with Crippen molar-refractivity contribution in [2.45, 2.75) is 18.5 Å². The van der Waals surface area contributed by atoms with Crippen molar-refractivity contribution in [2.75, 3.05) is 0 Å². The molecule has 122 valence electrons. The van der Waals surface area contributed by atoms with E-state index < -0.39 is 69.1 Å². The van der Waals surface area contributed by atoms with E-state index in [0.29, 0.717) is 0 Å². The van der Waals surface area contributed by atoms with Crippen molar-refractivity contribution >= 4 is 59.7 Å². The lowest BCUT2D eigenvalue weighted by Gasteiger charge is -2.26. The molecule has 5 nitrogen and oxygen atoms in total. The molecule has 0 fully saturated rings. The van der Waals surface area contributed by atoms with Gasteiger partial charge in [0.2, 0.25) is 0 Å². The zero-order valence-corrected chi connectivity index (χ0v) is 15.2. The van der Waals surface area contributed by atoms with Gasteiger partial charge in [0.15, 0.2) is 0 Å². The molecule has 2 unspecified atom stereocenters. The minimum atomic E-state index is -5.87. The molecule has 0 rings (SSSR count). The smallest absolute Gasteiger partial charge is 0.326 e. The molecule has 0 radical (unpaired) electrons. The first-order chi connectivity index (χ1) is 8.67. The first kappa shape index (κ1) is 21.1. The highest BCUT2D eigenvalue weighted by atomic mass is 127. The van der Waals surface area contributed by atoms with E-state index >= 15 is 0 Å². The normalized spacial score (nSPS) is 19.6. The molecule has 0 aromatic heterocycles. The predicted molar refractivity (Wildman–Crippen MR) is 79.8 cm³/mol. The van der Waals surface area contributed by atoms with Gasteiger partial charge in [-0.25, -0.2) is 0 Å². The van der Waals surface area contributed by atoms with Crippen LogP contribution in [0.5, 0.6) is 0 Å². The highest BCUT2D eigenvalue weighted by Gasteiger charge is 2.60. The van der Waals surface area contributed by atoms with Crippen LogP contribution in [0, 0.1) is 0 Å². The van der Waals surface area contributed by atoms with E-state index in [1.807, 2.05) is 0 Å². The minimum Gasteiger partial charge on any atom is -0.326 e. The van der Waals surface area contributed by atoms with Crippen LogP contribution in [0.15, 0.2) is 0 Å². The molecule has 0 saturated heterocycles. The fourth-order valence-corrected chi connectivity index (χ4v) is 15.9. The fourth-order valence-electron chi connectivity index (χ4n) is 0.693. The van der Waals surface area contributed by atoms with Crippen LogP contribution < -0.4 is 4.86 Å². The first-order valence-corrected chi connectivity index (χ1v) is 15.9. The molecule has 0 aromatic rings. The SMILES string of the molecule is C=IP(=O)(O)NP(=O)(OC(C(F)(F)F)C(F)(F)F)I=C. The summed E-state index contributed by atoms with van der Waals surface area (Å²) in [6.45, 7) is 0. The Morgan fingerprint density at radius 1 is 1.05 bits per heavy atom. The van der Waals surface area contributed by atoms with Crippen molar-refractivity contribution in [1.82, 2.24) is 4.86 Å². The summed E-state index contributed by atoms with van der Waals surface area (Å²) in [4.78, 5) is 10.5. The summed E-state index contributed by atoms with van der Waals surface area (Å²) in [6.07, 6.45) is -16.1. The Labute approximate surface area is 127 Å². The lowest BCUT2D eigenvalue weighted by molar-refractivity contribution is -0.299. The minimum absolute atomic E-state index is 1.36. The second-order valence-electron chi connectivity index (χ2n) is 2.89. The standard InChI is InChI=1S/C5H7F6I2NO4P2/c1-12-19(15,16)14-20(17,13-2)18-3(4(6,7)8)5(9,10)11/h3H,1-2H2,(H2,14,15,16,17). The van der Waals surface area contributed by atoms with Crippen LogP contribution in [-0.4, -0.2) is 32.4 Å². The highest BCUT2D eigenvalue weighted by molar-refractivity contribution is 14.2. The predicted octanol–water partition coefficient (Wildman–Crippen LogP) is 4.10. The number of nitrogens with one attached hydrogen (secondary N) is 1. The summed E-state index contributed by atoms with van der Waals surface area (Å²) < 4.78 is 106. The van der Waals surface area contributed by atoms with Crippen LogP contribution in [0.25, 0.3) is 0 Å². The quantitative estimate of drug-likeness (QED) is 0.284. The number of rotatable bonds is 6. The number of hydrogen-bond acceptors (Lipinski definition) is 3. The van der Waals surface area contributed by atoms with Crippen molar-refractivity contribution < 1.29 is 44.9 Å². The molecule has 0 saturated carbocycles. The summed E-state index contributed by atoms with van der Waals surface area (Å²) in [6, 6.07) is 0. The number of halogens is 8. The van der Waals surface area contributed by atoms with Crippen LogP contribution in [-0.2, 0) is 13.7 Å². The van der Waals surface area contributed by atoms with Gasteiger partial charge in [-0.3, -0.25) is 13.7 Å². The van der Waals surface area contributed by atoms with Crippen molar-refractivity contribution in [2.24, 2.45) is 0 Å². The van der Waals surface area contributed by atoms with E-state index in [1.165, 1.54) is 4.86 Å². The van der Waals surface area contributed by atoms with Crippen LogP contribution in [0.1, 0.15) is 0 Å². The summed E-state index contributed by atoms with van der Waals surface area (Å²) in [7, 11) is 0. The van der Waals surface area contributed by atoms with Crippen LogP contribution >= 0.6 is 50.7 Å². The highest BCUT2D eigenvalue weighted by Crippen LogP contribution is 2.68. The second-order valence-corrected chi connectivity index (χ2v) is 18.2. The largest absolute Gasteiger partial charge is 0.424 e. The first-order valence-electron chi connectivity index (χ1n) is 4.01. The summed E-state index contributed by atoms with van der Waals surface area (Å²) in [5.74, 6) is 0. The lowest BCUT2D eigenvalue weighted by atomic mass is 10.3. The Morgan fingerprint density at radius 2 is 1.45 bits per heavy atom. The van der Waals surface area contributed by atoms with E-state index in [-0.39, 0.29) is 0 Å². The van der Waals surface area contributed by atoms with E-state index in [0.717, 1.165) is 0 Å². The van der Waals surface area contributed by atoms with Gasteiger partial charge in [-0.1, -0.05) is 9.03 Å². The van der Waals surface area contributed by atoms with Crippen molar-refractivity contribution in [3.8, 4) is 0 Å². The molecule has 0 aliphatic rings. The Morgan fingerprint density at radius 3 is 1.70 bits per heavy atom.